The van der Waals surface area contributed by atoms with Crippen molar-refractivity contribution in [3.8, 4) is 0 Å². The molecule has 3 rings (SSSR count). The second-order valence-corrected chi connectivity index (χ2v) is 4.91. The summed E-state index contributed by atoms with van der Waals surface area (Å²) in [5, 5.41) is 7.26. The van der Waals surface area contributed by atoms with Crippen LogP contribution in [0.15, 0.2) is 24.3 Å². The molecule has 2 aliphatic rings. The van der Waals surface area contributed by atoms with Gasteiger partial charge in [-0.1, -0.05) is 18.2 Å². The van der Waals surface area contributed by atoms with Crippen molar-refractivity contribution in [2.45, 2.75) is 31.3 Å². The molecule has 2 aliphatic heterocycles. The number of hydrogen-bond donors (Lipinski definition) is 2. The van der Waals surface area contributed by atoms with Crippen molar-refractivity contribution < 1.29 is 4.74 Å². The van der Waals surface area contributed by atoms with Crippen LogP contribution in [0, 0.1) is 0 Å². The van der Waals surface area contributed by atoms with Crippen molar-refractivity contribution in [1.82, 2.24) is 5.32 Å². The average molecular weight is 232 g/mol. The predicted octanol–water partition coefficient (Wildman–Crippen LogP) is 2.31. The van der Waals surface area contributed by atoms with E-state index in [2.05, 4.69) is 34.9 Å². The van der Waals surface area contributed by atoms with Gasteiger partial charge in [-0.2, -0.15) is 0 Å². The smallest absolute Gasteiger partial charge is 0.0480 e. The summed E-state index contributed by atoms with van der Waals surface area (Å²) in [4.78, 5) is 0. The summed E-state index contributed by atoms with van der Waals surface area (Å²) in [6.45, 7) is 2.88. The molecule has 17 heavy (non-hydrogen) atoms. The second-order valence-electron chi connectivity index (χ2n) is 4.91. The lowest BCUT2D eigenvalue weighted by atomic mass is 9.96. The Hall–Kier alpha value is -1.06. The molecule has 0 aliphatic carbocycles. The molecule has 0 radical (unpaired) electrons. The molecule has 3 heteroatoms. The maximum Gasteiger partial charge on any atom is 0.0480 e. The van der Waals surface area contributed by atoms with Gasteiger partial charge in [0.2, 0.25) is 0 Å². The van der Waals surface area contributed by atoms with Crippen molar-refractivity contribution in [1.29, 1.82) is 0 Å². The molecule has 1 atom stereocenters. The summed E-state index contributed by atoms with van der Waals surface area (Å²) in [7, 11) is 0. The van der Waals surface area contributed by atoms with Crippen LogP contribution in [0.2, 0.25) is 0 Å². The van der Waals surface area contributed by atoms with Gasteiger partial charge in [0.05, 0.1) is 0 Å². The fraction of sp³-hybridized carbons (Fsp3) is 0.571. The van der Waals surface area contributed by atoms with Gasteiger partial charge in [-0.25, -0.2) is 0 Å². The van der Waals surface area contributed by atoms with Crippen LogP contribution in [-0.2, 0) is 4.74 Å². The first-order valence-corrected chi connectivity index (χ1v) is 6.60. The van der Waals surface area contributed by atoms with Gasteiger partial charge in [-0.15, -0.1) is 0 Å². The first-order chi connectivity index (χ1) is 8.43. The number of nitrogens with one attached hydrogen (secondary N) is 2. The summed E-state index contributed by atoms with van der Waals surface area (Å²) < 4.78 is 5.41. The van der Waals surface area contributed by atoms with Gasteiger partial charge in [-0.3, -0.25) is 0 Å². The Labute approximate surface area is 103 Å². The Morgan fingerprint density at radius 3 is 2.82 bits per heavy atom. The lowest BCUT2D eigenvalue weighted by Crippen LogP contribution is -2.39. The average Bonchev–Trinajstić information content (AvgIpc) is 2.40. The fourth-order valence-electron chi connectivity index (χ4n) is 2.79. The van der Waals surface area contributed by atoms with E-state index in [4.69, 9.17) is 4.74 Å². The van der Waals surface area contributed by atoms with E-state index in [0.717, 1.165) is 32.6 Å². The van der Waals surface area contributed by atoms with Crippen molar-refractivity contribution in [3.05, 3.63) is 29.8 Å². The Morgan fingerprint density at radius 1 is 1.12 bits per heavy atom. The minimum Gasteiger partial charge on any atom is -0.385 e. The van der Waals surface area contributed by atoms with E-state index in [-0.39, 0.29) is 0 Å². The van der Waals surface area contributed by atoms with Gasteiger partial charge in [0.25, 0.3) is 0 Å². The summed E-state index contributed by atoms with van der Waals surface area (Å²) in [6.07, 6.45) is 3.46. The fourth-order valence-corrected chi connectivity index (χ4v) is 2.79. The van der Waals surface area contributed by atoms with Crippen LogP contribution < -0.4 is 10.6 Å². The molecule has 1 fully saturated rings. The minimum absolute atomic E-state index is 0.510. The van der Waals surface area contributed by atoms with Gasteiger partial charge in [-0.05, 0) is 30.9 Å². The van der Waals surface area contributed by atoms with E-state index >= 15 is 0 Å². The first-order valence-electron chi connectivity index (χ1n) is 6.60. The molecule has 0 saturated carbocycles. The number of hydrogen-bond acceptors (Lipinski definition) is 3. The van der Waals surface area contributed by atoms with E-state index in [9.17, 15) is 0 Å². The topological polar surface area (TPSA) is 33.3 Å². The van der Waals surface area contributed by atoms with E-state index in [1.165, 1.54) is 17.7 Å². The molecule has 0 bridgehead atoms. The Kier molecular flexibility index (Phi) is 3.29. The Balaban J connectivity index is 1.71. The predicted molar refractivity (Wildman–Crippen MR) is 69.3 cm³/mol. The van der Waals surface area contributed by atoms with E-state index in [1.54, 1.807) is 0 Å². The maximum absolute atomic E-state index is 5.41. The molecule has 92 valence electrons. The zero-order valence-electron chi connectivity index (χ0n) is 10.1. The summed E-state index contributed by atoms with van der Waals surface area (Å²) in [5.74, 6) is 0. The van der Waals surface area contributed by atoms with Crippen LogP contribution in [0.25, 0.3) is 0 Å². The molecule has 0 spiro atoms. The van der Waals surface area contributed by atoms with Crippen LogP contribution >= 0.6 is 0 Å². The van der Waals surface area contributed by atoms with Crippen LogP contribution in [0.3, 0.4) is 0 Å². The summed E-state index contributed by atoms with van der Waals surface area (Å²) in [6, 6.07) is 9.77. The van der Waals surface area contributed by atoms with E-state index < -0.39 is 0 Å². The molecule has 1 saturated heterocycles. The highest BCUT2D eigenvalue weighted by Crippen LogP contribution is 2.30. The largest absolute Gasteiger partial charge is 0.385 e. The van der Waals surface area contributed by atoms with Crippen molar-refractivity contribution in [2.75, 3.05) is 25.1 Å². The standard InChI is InChI=1S/C14H20N2O/c1-2-4-13-12(3-1)14(5-8-15-13)16-11-6-9-17-10-7-11/h1-4,11,14-16H,5-10H2. The highest BCUT2D eigenvalue weighted by molar-refractivity contribution is 5.54. The van der Waals surface area contributed by atoms with Gasteiger partial charge in [0.15, 0.2) is 0 Å². The first kappa shape index (κ1) is 11.1. The highest BCUT2D eigenvalue weighted by atomic mass is 16.5. The molecule has 1 unspecified atom stereocenters. The zero-order valence-corrected chi connectivity index (χ0v) is 10.1. The third kappa shape index (κ3) is 2.45. The SMILES string of the molecule is c1ccc2c(c1)NCCC2NC1CCOCC1. The lowest BCUT2D eigenvalue weighted by Gasteiger charge is -2.32. The monoisotopic (exact) mass is 232 g/mol. The number of rotatable bonds is 2. The summed E-state index contributed by atoms with van der Waals surface area (Å²) >= 11 is 0. The van der Waals surface area contributed by atoms with E-state index in [0.29, 0.717) is 12.1 Å². The lowest BCUT2D eigenvalue weighted by molar-refractivity contribution is 0.0745. The molecular weight excluding hydrogens is 212 g/mol. The van der Waals surface area contributed by atoms with Crippen LogP contribution in [0.5, 0.6) is 0 Å². The number of fused-ring (bicyclic) bond motifs is 1. The molecule has 1 aromatic carbocycles. The zero-order chi connectivity index (χ0) is 11.5. The second kappa shape index (κ2) is 5.07. The van der Waals surface area contributed by atoms with Gasteiger partial charge < -0.3 is 15.4 Å². The molecule has 3 nitrogen and oxygen atoms in total. The quantitative estimate of drug-likeness (QED) is 0.821. The van der Waals surface area contributed by atoms with Crippen LogP contribution in [0.4, 0.5) is 5.69 Å². The normalized spacial score (nSPS) is 25.1. The molecular formula is C14H20N2O. The number of benzene rings is 1. The Morgan fingerprint density at radius 2 is 1.94 bits per heavy atom. The number of anilines is 1. The Bertz CT molecular complexity index is 374. The third-order valence-electron chi connectivity index (χ3n) is 3.74. The molecule has 0 amide bonds. The van der Waals surface area contributed by atoms with Gasteiger partial charge in [0, 0.05) is 37.5 Å². The minimum atomic E-state index is 0.510. The van der Waals surface area contributed by atoms with E-state index in [1.807, 2.05) is 0 Å². The van der Waals surface area contributed by atoms with Gasteiger partial charge >= 0.3 is 0 Å². The highest BCUT2D eigenvalue weighted by Gasteiger charge is 2.23. The van der Waals surface area contributed by atoms with Crippen molar-refractivity contribution in [3.63, 3.8) is 0 Å². The molecule has 0 aromatic heterocycles. The third-order valence-corrected chi connectivity index (χ3v) is 3.74. The van der Waals surface area contributed by atoms with Crippen molar-refractivity contribution >= 4 is 5.69 Å². The van der Waals surface area contributed by atoms with Gasteiger partial charge in [0.1, 0.15) is 0 Å². The van der Waals surface area contributed by atoms with Crippen LogP contribution in [-0.4, -0.2) is 25.8 Å². The molecule has 1 aromatic rings. The van der Waals surface area contributed by atoms with Crippen LogP contribution in [0.1, 0.15) is 30.9 Å². The molecule has 2 N–H and O–H groups in total. The summed E-state index contributed by atoms with van der Waals surface area (Å²) in [5.41, 5.74) is 2.72. The number of para-hydroxylation sites is 1. The maximum atomic E-state index is 5.41. The number of ether oxygens (including phenoxy) is 1. The molecule has 2 heterocycles. The van der Waals surface area contributed by atoms with Crippen molar-refractivity contribution in [2.24, 2.45) is 0 Å².